The number of urea groups is 1. The summed E-state index contributed by atoms with van der Waals surface area (Å²) in [6, 6.07) is 10.3. The average Bonchev–Trinajstić information content (AvgIpc) is 2.48. The molecule has 0 saturated carbocycles. The van der Waals surface area contributed by atoms with E-state index in [4.69, 9.17) is 23.2 Å². The fraction of sp³-hybridized carbons (Fsp3) is 0.0714. The maximum atomic E-state index is 11.8. The average molecular weight is 340 g/mol. The molecular formula is C14H11Cl2N3O3. The Morgan fingerprint density at radius 2 is 1.86 bits per heavy atom. The zero-order chi connectivity index (χ0) is 16.1. The molecule has 22 heavy (non-hydrogen) atoms. The van der Waals surface area contributed by atoms with Crippen molar-refractivity contribution >= 4 is 40.6 Å². The first-order chi connectivity index (χ1) is 10.5. The first-order valence-corrected chi connectivity index (χ1v) is 6.95. The molecule has 0 atom stereocenters. The molecule has 6 nitrogen and oxygen atoms in total. The Bertz CT molecular complexity index is 722. The summed E-state index contributed by atoms with van der Waals surface area (Å²) in [5, 5.41) is 16.5. The lowest BCUT2D eigenvalue weighted by Gasteiger charge is -2.09. The van der Waals surface area contributed by atoms with Crippen molar-refractivity contribution < 1.29 is 9.72 Å². The van der Waals surface area contributed by atoms with Gasteiger partial charge in [0.05, 0.1) is 15.6 Å². The largest absolute Gasteiger partial charge is 0.334 e. The van der Waals surface area contributed by atoms with Crippen LogP contribution >= 0.6 is 23.2 Å². The maximum Gasteiger partial charge on any atom is 0.319 e. The second kappa shape index (κ2) is 7.11. The van der Waals surface area contributed by atoms with E-state index in [0.29, 0.717) is 5.02 Å². The van der Waals surface area contributed by atoms with Gasteiger partial charge in [0.15, 0.2) is 0 Å². The zero-order valence-corrected chi connectivity index (χ0v) is 12.7. The summed E-state index contributed by atoms with van der Waals surface area (Å²) in [7, 11) is 0. The third kappa shape index (κ3) is 4.09. The van der Waals surface area contributed by atoms with Gasteiger partial charge in [0.2, 0.25) is 0 Å². The SMILES string of the molecule is O=C(NCc1ccccc1Cl)Nc1cc([N+](=O)[O-])ccc1Cl. The Morgan fingerprint density at radius 3 is 2.55 bits per heavy atom. The number of benzene rings is 2. The Balaban J connectivity index is 2.02. The number of carbonyl (C=O) groups is 1. The molecule has 0 radical (unpaired) electrons. The highest BCUT2D eigenvalue weighted by atomic mass is 35.5. The van der Waals surface area contributed by atoms with Gasteiger partial charge in [-0.25, -0.2) is 4.79 Å². The minimum absolute atomic E-state index is 0.160. The lowest BCUT2D eigenvalue weighted by Crippen LogP contribution is -2.28. The molecule has 8 heteroatoms. The monoisotopic (exact) mass is 339 g/mol. The van der Waals surface area contributed by atoms with Gasteiger partial charge in [-0.05, 0) is 17.7 Å². The third-order valence-electron chi connectivity index (χ3n) is 2.81. The summed E-state index contributed by atoms with van der Waals surface area (Å²) < 4.78 is 0. The fourth-order valence-electron chi connectivity index (χ4n) is 1.71. The van der Waals surface area contributed by atoms with Gasteiger partial charge in [-0.2, -0.15) is 0 Å². The number of rotatable bonds is 4. The van der Waals surface area contributed by atoms with E-state index in [9.17, 15) is 14.9 Å². The van der Waals surface area contributed by atoms with Crippen molar-refractivity contribution in [3.63, 3.8) is 0 Å². The van der Waals surface area contributed by atoms with Crippen LogP contribution in [0, 0.1) is 10.1 Å². The van der Waals surface area contributed by atoms with E-state index in [1.165, 1.54) is 18.2 Å². The molecule has 2 aromatic rings. The zero-order valence-electron chi connectivity index (χ0n) is 11.2. The lowest BCUT2D eigenvalue weighted by atomic mass is 10.2. The molecule has 0 fully saturated rings. The molecule has 0 spiro atoms. The molecule has 0 aliphatic carbocycles. The third-order valence-corrected chi connectivity index (χ3v) is 3.50. The van der Waals surface area contributed by atoms with Gasteiger partial charge in [0.25, 0.3) is 5.69 Å². The molecule has 0 saturated heterocycles. The topological polar surface area (TPSA) is 84.3 Å². The van der Waals surface area contributed by atoms with Crippen molar-refractivity contribution in [3.8, 4) is 0 Å². The van der Waals surface area contributed by atoms with Gasteiger partial charge < -0.3 is 10.6 Å². The summed E-state index contributed by atoms with van der Waals surface area (Å²) in [6.45, 7) is 0.220. The quantitative estimate of drug-likeness (QED) is 0.645. The van der Waals surface area contributed by atoms with E-state index >= 15 is 0 Å². The van der Waals surface area contributed by atoms with Gasteiger partial charge in [0, 0.05) is 23.7 Å². The van der Waals surface area contributed by atoms with Crippen molar-refractivity contribution in [1.29, 1.82) is 0 Å². The van der Waals surface area contributed by atoms with Crippen LogP contribution in [-0.4, -0.2) is 11.0 Å². The summed E-state index contributed by atoms with van der Waals surface area (Å²) in [5.74, 6) is 0. The number of carbonyl (C=O) groups excluding carboxylic acids is 1. The van der Waals surface area contributed by atoms with Crippen LogP contribution in [-0.2, 0) is 6.54 Å². The number of hydrogen-bond acceptors (Lipinski definition) is 3. The van der Waals surface area contributed by atoms with Crippen LogP contribution in [0.1, 0.15) is 5.56 Å². The number of anilines is 1. The van der Waals surface area contributed by atoms with Crippen molar-refractivity contribution in [2.45, 2.75) is 6.54 Å². The van der Waals surface area contributed by atoms with Crippen molar-refractivity contribution in [3.05, 3.63) is 68.2 Å². The highest BCUT2D eigenvalue weighted by Crippen LogP contribution is 2.26. The molecule has 114 valence electrons. The number of nitro benzene ring substituents is 1. The molecule has 0 unspecified atom stereocenters. The summed E-state index contributed by atoms with van der Waals surface area (Å²) in [5.41, 5.74) is 0.753. The second-order valence-corrected chi connectivity index (χ2v) is 5.13. The Kier molecular flexibility index (Phi) is 5.19. The molecule has 0 aliphatic heterocycles. The number of hydrogen-bond donors (Lipinski definition) is 2. The van der Waals surface area contributed by atoms with E-state index in [1.807, 2.05) is 0 Å². The highest BCUT2D eigenvalue weighted by molar-refractivity contribution is 6.33. The van der Waals surface area contributed by atoms with Crippen molar-refractivity contribution in [2.24, 2.45) is 0 Å². The first-order valence-electron chi connectivity index (χ1n) is 6.19. The van der Waals surface area contributed by atoms with Gasteiger partial charge in [0.1, 0.15) is 0 Å². The van der Waals surface area contributed by atoms with Crippen molar-refractivity contribution in [1.82, 2.24) is 5.32 Å². The molecule has 0 aliphatic rings. The van der Waals surface area contributed by atoms with Crippen LogP contribution in [0.5, 0.6) is 0 Å². The predicted molar refractivity (Wildman–Crippen MR) is 85.4 cm³/mol. The van der Waals surface area contributed by atoms with Gasteiger partial charge >= 0.3 is 6.03 Å². The first kappa shape index (κ1) is 16.1. The molecule has 2 aromatic carbocycles. The molecule has 2 rings (SSSR count). The molecule has 0 bridgehead atoms. The number of amides is 2. The van der Waals surface area contributed by atoms with Crippen LogP contribution in [0.25, 0.3) is 0 Å². The number of nitrogens with zero attached hydrogens (tertiary/aromatic N) is 1. The van der Waals surface area contributed by atoms with Gasteiger partial charge in [-0.1, -0.05) is 41.4 Å². The number of non-ortho nitro benzene ring substituents is 1. The number of nitro groups is 1. The van der Waals surface area contributed by atoms with Gasteiger partial charge in [-0.15, -0.1) is 0 Å². The van der Waals surface area contributed by atoms with Crippen LogP contribution in [0.2, 0.25) is 10.0 Å². The normalized spacial score (nSPS) is 10.1. The highest BCUT2D eigenvalue weighted by Gasteiger charge is 2.12. The van der Waals surface area contributed by atoms with E-state index in [0.717, 1.165) is 5.56 Å². The Labute approximate surface area is 136 Å². The van der Waals surface area contributed by atoms with Crippen LogP contribution < -0.4 is 10.6 Å². The lowest BCUT2D eigenvalue weighted by molar-refractivity contribution is -0.384. The second-order valence-electron chi connectivity index (χ2n) is 4.32. The van der Waals surface area contributed by atoms with Gasteiger partial charge in [-0.3, -0.25) is 10.1 Å². The summed E-state index contributed by atoms with van der Waals surface area (Å²) >= 11 is 11.9. The molecule has 2 N–H and O–H groups in total. The van der Waals surface area contributed by atoms with Crippen molar-refractivity contribution in [2.75, 3.05) is 5.32 Å². The smallest absolute Gasteiger partial charge is 0.319 e. The van der Waals surface area contributed by atoms with Crippen LogP contribution in [0.3, 0.4) is 0 Å². The van der Waals surface area contributed by atoms with E-state index in [-0.39, 0.29) is 22.9 Å². The number of nitrogens with one attached hydrogen (secondary N) is 2. The van der Waals surface area contributed by atoms with E-state index < -0.39 is 11.0 Å². The van der Waals surface area contributed by atoms with E-state index in [2.05, 4.69) is 10.6 Å². The van der Waals surface area contributed by atoms with Crippen LogP contribution in [0.4, 0.5) is 16.2 Å². The van der Waals surface area contributed by atoms with E-state index in [1.54, 1.807) is 24.3 Å². The molecule has 2 amide bonds. The minimum atomic E-state index is -0.566. The molecule has 0 aromatic heterocycles. The Hall–Kier alpha value is -2.31. The maximum absolute atomic E-state index is 11.8. The minimum Gasteiger partial charge on any atom is -0.334 e. The number of halogens is 2. The predicted octanol–water partition coefficient (Wildman–Crippen LogP) is 4.22. The Morgan fingerprint density at radius 1 is 1.14 bits per heavy atom. The summed E-state index contributed by atoms with van der Waals surface area (Å²) in [6.07, 6.45) is 0. The fourth-order valence-corrected chi connectivity index (χ4v) is 2.07. The van der Waals surface area contributed by atoms with Crippen LogP contribution in [0.15, 0.2) is 42.5 Å². The molecule has 0 heterocycles. The summed E-state index contributed by atoms with van der Waals surface area (Å²) in [4.78, 5) is 22.0. The molecular weight excluding hydrogens is 329 g/mol. The standard InChI is InChI=1S/C14H11Cl2N3O3/c15-11-4-2-1-3-9(11)8-17-14(20)18-13-7-10(19(21)22)5-6-12(13)16/h1-7H,8H2,(H2,17,18,20).